The molecule has 1 fully saturated rings. The standard InChI is InChI=1S/C23H32N6O3/c1-16-11-17(2)29(26-16)8-4-7-27(3)23(31)19-12-20-22(24-13-19)25-14-21(30)28(20)15-18-5-9-32-10-6-18/h11-13,18H,4-10,14-15H2,1-3H3,(H,24,25). The lowest BCUT2D eigenvalue weighted by molar-refractivity contribution is -0.117. The van der Waals surface area contributed by atoms with E-state index in [4.69, 9.17) is 4.74 Å². The molecule has 2 aliphatic heterocycles. The molecule has 4 heterocycles. The minimum absolute atomic E-state index is 0.00799. The van der Waals surface area contributed by atoms with Gasteiger partial charge in [-0.1, -0.05) is 0 Å². The molecule has 2 amide bonds. The molecule has 1 saturated heterocycles. The van der Waals surface area contributed by atoms with Gasteiger partial charge in [-0.25, -0.2) is 4.98 Å². The molecule has 2 aromatic heterocycles. The van der Waals surface area contributed by atoms with Gasteiger partial charge in [-0.3, -0.25) is 14.3 Å². The van der Waals surface area contributed by atoms with Crippen molar-refractivity contribution in [1.82, 2.24) is 19.7 Å². The normalized spacial score (nSPS) is 16.6. The van der Waals surface area contributed by atoms with Crippen molar-refractivity contribution in [2.45, 2.75) is 39.7 Å². The molecule has 0 radical (unpaired) electrons. The van der Waals surface area contributed by atoms with Crippen LogP contribution in [0.4, 0.5) is 11.5 Å². The third-order valence-electron chi connectivity index (χ3n) is 6.21. The maximum atomic E-state index is 13.0. The van der Waals surface area contributed by atoms with Crippen LogP contribution in [0.5, 0.6) is 0 Å². The van der Waals surface area contributed by atoms with Gasteiger partial charge in [0.25, 0.3) is 5.91 Å². The molecule has 172 valence electrons. The predicted molar refractivity (Wildman–Crippen MR) is 122 cm³/mol. The van der Waals surface area contributed by atoms with E-state index in [0.29, 0.717) is 36.1 Å². The van der Waals surface area contributed by atoms with Gasteiger partial charge in [0, 0.05) is 51.8 Å². The number of aromatic nitrogens is 3. The summed E-state index contributed by atoms with van der Waals surface area (Å²) in [6.45, 7) is 7.71. The van der Waals surface area contributed by atoms with Gasteiger partial charge in [0.15, 0.2) is 0 Å². The molecular weight excluding hydrogens is 408 g/mol. The van der Waals surface area contributed by atoms with Crippen LogP contribution in [0, 0.1) is 19.8 Å². The number of nitrogens with zero attached hydrogens (tertiary/aromatic N) is 5. The van der Waals surface area contributed by atoms with Crippen molar-refractivity contribution in [1.29, 1.82) is 0 Å². The minimum atomic E-state index is -0.0993. The van der Waals surface area contributed by atoms with Crippen LogP contribution >= 0.6 is 0 Å². The van der Waals surface area contributed by atoms with Crippen LogP contribution in [0.25, 0.3) is 0 Å². The number of ether oxygens (including phenoxy) is 1. The average Bonchev–Trinajstić information content (AvgIpc) is 3.12. The lowest BCUT2D eigenvalue weighted by Crippen LogP contribution is -2.44. The first-order valence-corrected chi connectivity index (χ1v) is 11.3. The number of fused-ring (bicyclic) bond motifs is 1. The van der Waals surface area contributed by atoms with E-state index in [1.807, 2.05) is 18.5 Å². The lowest BCUT2D eigenvalue weighted by Gasteiger charge is -2.34. The van der Waals surface area contributed by atoms with Gasteiger partial charge in [-0.15, -0.1) is 0 Å². The van der Waals surface area contributed by atoms with Crippen molar-refractivity contribution in [2.75, 3.05) is 50.1 Å². The number of rotatable bonds is 7. The fraction of sp³-hybridized carbons (Fsp3) is 0.565. The topological polar surface area (TPSA) is 92.6 Å². The highest BCUT2D eigenvalue weighted by Crippen LogP contribution is 2.31. The quantitative estimate of drug-likeness (QED) is 0.710. The highest BCUT2D eigenvalue weighted by Gasteiger charge is 2.29. The number of hydrogen-bond donors (Lipinski definition) is 1. The number of amides is 2. The molecule has 2 aromatic rings. The van der Waals surface area contributed by atoms with Crippen molar-refractivity contribution in [3.63, 3.8) is 0 Å². The Morgan fingerprint density at radius 1 is 1.28 bits per heavy atom. The van der Waals surface area contributed by atoms with Crippen molar-refractivity contribution in [2.24, 2.45) is 5.92 Å². The number of carbonyl (C=O) groups is 2. The molecule has 4 rings (SSSR count). The first-order chi connectivity index (χ1) is 15.4. The number of anilines is 2. The van der Waals surface area contributed by atoms with Crippen LogP contribution in [0.2, 0.25) is 0 Å². The van der Waals surface area contributed by atoms with Gasteiger partial charge in [-0.05, 0) is 51.2 Å². The molecule has 0 bridgehead atoms. The van der Waals surface area contributed by atoms with E-state index in [1.54, 1.807) is 29.1 Å². The summed E-state index contributed by atoms with van der Waals surface area (Å²) in [5, 5.41) is 7.55. The summed E-state index contributed by atoms with van der Waals surface area (Å²) >= 11 is 0. The summed E-state index contributed by atoms with van der Waals surface area (Å²) in [7, 11) is 1.80. The van der Waals surface area contributed by atoms with Gasteiger partial charge in [0.05, 0.1) is 23.5 Å². The van der Waals surface area contributed by atoms with Crippen molar-refractivity contribution in [3.8, 4) is 0 Å². The molecule has 2 aliphatic rings. The second kappa shape index (κ2) is 9.68. The first-order valence-electron chi connectivity index (χ1n) is 11.3. The summed E-state index contributed by atoms with van der Waals surface area (Å²) in [4.78, 5) is 33.6. The Hall–Kier alpha value is -2.94. The first kappa shape index (κ1) is 22.3. The van der Waals surface area contributed by atoms with E-state index in [2.05, 4.69) is 21.5 Å². The maximum absolute atomic E-state index is 13.0. The maximum Gasteiger partial charge on any atom is 0.255 e. The van der Waals surface area contributed by atoms with E-state index in [-0.39, 0.29) is 18.4 Å². The molecule has 0 spiro atoms. The summed E-state index contributed by atoms with van der Waals surface area (Å²) < 4.78 is 7.42. The second-order valence-corrected chi connectivity index (χ2v) is 8.74. The van der Waals surface area contributed by atoms with Gasteiger partial charge < -0.3 is 19.9 Å². The molecule has 1 N–H and O–H groups in total. The largest absolute Gasteiger partial charge is 0.381 e. The molecule has 0 aliphatic carbocycles. The van der Waals surface area contributed by atoms with Crippen molar-refractivity contribution in [3.05, 3.63) is 35.3 Å². The van der Waals surface area contributed by atoms with Crippen LogP contribution in [-0.4, -0.2) is 71.4 Å². The number of carbonyl (C=O) groups excluding carboxylic acids is 2. The van der Waals surface area contributed by atoms with Crippen LogP contribution in [0.3, 0.4) is 0 Å². The molecule has 0 saturated carbocycles. The van der Waals surface area contributed by atoms with Gasteiger partial charge >= 0.3 is 0 Å². The molecule has 32 heavy (non-hydrogen) atoms. The van der Waals surface area contributed by atoms with Crippen LogP contribution in [0.1, 0.15) is 41.0 Å². The van der Waals surface area contributed by atoms with E-state index in [9.17, 15) is 9.59 Å². The van der Waals surface area contributed by atoms with E-state index < -0.39 is 0 Å². The Morgan fingerprint density at radius 2 is 2.06 bits per heavy atom. The zero-order valence-corrected chi connectivity index (χ0v) is 19.1. The van der Waals surface area contributed by atoms with E-state index in [1.165, 1.54) is 0 Å². The lowest BCUT2D eigenvalue weighted by atomic mass is 9.99. The molecule has 9 nitrogen and oxygen atoms in total. The average molecular weight is 441 g/mol. The molecule has 9 heteroatoms. The Morgan fingerprint density at radius 3 is 2.78 bits per heavy atom. The monoisotopic (exact) mass is 440 g/mol. The molecule has 0 aromatic carbocycles. The van der Waals surface area contributed by atoms with Gasteiger partial charge in [0.2, 0.25) is 5.91 Å². The third kappa shape index (κ3) is 4.93. The Balaban J connectivity index is 1.42. The Bertz CT molecular complexity index is 982. The number of pyridine rings is 1. The molecule has 0 unspecified atom stereocenters. The van der Waals surface area contributed by atoms with Crippen LogP contribution in [-0.2, 0) is 16.1 Å². The molecule has 0 atom stereocenters. The predicted octanol–water partition coefficient (Wildman–Crippen LogP) is 2.24. The van der Waals surface area contributed by atoms with E-state index >= 15 is 0 Å². The van der Waals surface area contributed by atoms with Crippen LogP contribution in [0.15, 0.2) is 18.3 Å². The number of nitrogens with one attached hydrogen (secondary N) is 1. The Kier molecular flexibility index (Phi) is 6.74. The summed E-state index contributed by atoms with van der Waals surface area (Å²) in [5.74, 6) is 0.960. The van der Waals surface area contributed by atoms with Crippen molar-refractivity contribution < 1.29 is 14.3 Å². The number of hydrogen-bond acceptors (Lipinski definition) is 6. The summed E-state index contributed by atoms with van der Waals surface area (Å²) in [5.41, 5.74) is 3.30. The third-order valence-corrected chi connectivity index (χ3v) is 6.21. The van der Waals surface area contributed by atoms with Gasteiger partial charge in [0.1, 0.15) is 5.82 Å². The highest BCUT2D eigenvalue weighted by molar-refractivity contribution is 6.04. The summed E-state index contributed by atoms with van der Waals surface area (Å²) in [6.07, 6.45) is 4.28. The smallest absolute Gasteiger partial charge is 0.255 e. The fourth-order valence-electron chi connectivity index (χ4n) is 4.37. The van der Waals surface area contributed by atoms with Crippen molar-refractivity contribution >= 4 is 23.3 Å². The minimum Gasteiger partial charge on any atom is -0.381 e. The highest BCUT2D eigenvalue weighted by atomic mass is 16.5. The van der Waals surface area contributed by atoms with Crippen LogP contribution < -0.4 is 10.2 Å². The van der Waals surface area contributed by atoms with E-state index in [0.717, 1.165) is 50.4 Å². The SMILES string of the molecule is Cc1cc(C)n(CCCN(C)C(=O)c2cnc3c(c2)N(CC2CCOCC2)C(=O)CN3)n1. The fourth-order valence-corrected chi connectivity index (χ4v) is 4.37. The molecular formula is C23H32N6O3. The van der Waals surface area contributed by atoms with Gasteiger partial charge in [-0.2, -0.15) is 5.10 Å². The second-order valence-electron chi connectivity index (χ2n) is 8.74. The summed E-state index contributed by atoms with van der Waals surface area (Å²) in [6, 6.07) is 3.85. The zero-order chi connectivity index (χ0) is 22.7. The number of aryl methyl sites for hydroxylation is 3. The zero-order valence-electron chi connectivity index (χ0n) is 19.1. The Labute approximate surface area is 188 Å².